The molecule has 6 nitrogen and oxygen atoms in total. The zero-order valence-electron chi connectivity index (χ0n) is 10.7. The van der Waals surface area contributed by atoms with E-state index in [1.165, 1.54) is 30.0 Å². The maximum absolute atomic E-state index is 11.9. The van der Waals surface area contributed by atoms with Gasteiger partial charge in [-0.15, -0.1) is 0 Å². The first-order valence-electron chi connectivity index (χ1n) is 5.92. The lowest BCUT2D eigenvalue weighted by Crippen LogP contribution is -2.25. The van der Waals surface area contributed by atoms with E-state index in [1.54, 1.807) is 0 Å². The first kappa shape index (κ1) is 14.4. The van der Waals surface area contributed by atoms with Crippen LogP contribution in [0.5, 0.6) is 5.75 Å². The van der Waals surface area contributed by atoms with Crippen molar-refractivity contribution in [2.45, 2.75) is 18.6 Å². The van der Waals surface area contributed by atoms with E-state index in [0.29, 0.717) is 12.2 Å². The van der Waals surface area contributed by atoms with Crippen LogP contribution in [-0.4, -0.2) is 39.0 Å². The fourth-order valence-corrected chi connectivity index (χ4v) is 3.02. The quantitative estimate of drug-likeness (QED) is 0.877. The largest absolute Gasteiger partial charge is 0.507 e. The van der Waals surface area contributed by atoms with Gasteiger partial charge in [0.25, 0.3) is 0 Å². The van der Waals surface area contributed by atoms with Gasteiger partial charge < -0.3 is 15.1 Å². The lowest BCUT2D eigenvalue weighted by Gasteiger charge is -2.17. The van der Waals surface area contributed by atoms with Gasteiger partial charge in [-0.1, -0.05) is 11.8 Å². The highest BCUT2D eigenvalue weighted by Gasteiger charge is 2.32. The van der Waals surface area contributed by atoms with Gasteiger partial charge in [-0.2, -0.15) is 0 Å². The minimum absolute atomic E-state index is 0.0541. The minimum atomic E-state index is -1.26. The average molecular weight is 295 g/mol. The molecular formula is C13H13NO5S. The summed E-state index contributed by atoms with van der Waals surface area (Å²) < 4.78 is 0. The average Bonchev–Trinajstić information content (AvgIpc) is 2.69. The lowest BCUT2D eigenvalue weighted by molar-refractivity contribution is -0.117. The van der Waals surface area contributed by atoms with Crippen molar-refractivity contribution in [1.29, 1.82) is 0 Å². The maximum atomic E-state index is 11.9. The predicted molar refractivity (Wildman–Crippen MR) is 74.1 cm³/mol. The molecule has 1 fully saturated rings. The van der Waals surface area contributed by atoms with Crippen LogP contribution >= 0.6 is 11.8 Å². The standard InChI is InChI=1S/C13H13NO5S/c1-7(15)20-9-5-12(17)14(6-9)8-2-3-11(16)10(4-8)13(18)19/h2-4,9,16H,5-6H2,1H3,(H,18,19). The number of carbonyl (C=O) groups excluding carboxylic acids is 2. The molecule has 1 aromatic rings. The highest BCUT2D eigenvalue weighted by molar-refractivity contribution is 8.14. The normalized spacial score (nSPS) is 18.4. The second-order valence-electron chi connectivity index (χ2n) is 4.45. The van der Waals surface area contributed by atoms with Crippen LogP contribution in [0.15, 0.2) is 18.2 Å². The number of thioether (sulfide) groups is 1. The molecular weight excluding hydrogens is 282 g/mol. The van der Waals surface area contributed by atoms with Crippen LogP contribution in [0, 0.1) is 0 Å². The van der Waals surface area contributed by atoms with Crippen molar-refractivity contribution in [1.82, 2.24) is 0 Å². The molecule has 7 heteroatoms. The Bertz CT molecular complexity index is 586. The number of amides is 1. The van der Waals surface area contributed by atoms with Crippen molar-refractivity contribution < 1.29 is 24.6 Å². The molecule has 2 N–H and O–H groups in total. The smallest absolute Gasteiger partial charge is 0.339 e. The maximum Gasteiger partial charge on any atom is 0.339 e. The van der Waals surface area contributed by atoms with Crippen molar-refractivity contribution in [3.63, 3.8) is 0 Å². The first-order valence-corrected chi connectivity index (χ1v) is 6.80. The summed E-state index contributed by atoms with van der Waals surface area (Å²) in [6.07, 6.45) is 0.244. The summed E-state index contributed by atoms with van der Waals surface area (Å²) >= 11 is 1.11. The van der Waals surface area contributed by atoms with E-state index in [-0.39, 0.29) is 34.0 Å². The number of hydrogen-bond acceptors (Lipinski definition) is 5. The molecule has 1 aromatic carbocycles. The Labute approximate surface area is 119 Å². The van der Waals surface area contributed by atoms with E-state index in [2.05, 4.69) is 0 Å². The first-order chi connectivity index (χ1) is 9.38. The van der Waals surface area contributed by atoms with Crippen LogP contribution in [0.2, 0.25) is 0 Å². The van der Waals surface area contributed by atoms with Crippen LogP contribution in [0.3, 0.4) is 0 Å². The molecule has 20 heavy (non-hydrogen) atoms. The zero-order valence-corrected chi connectivity index (χ0v) is 11.5. The van der Waals surface area contributed by atoms with E-state index in [1.807, 2.05) is 0 Å². The van der Waals surface area contributed by atoms with Crippen LogP contribution in [0.1, 0.15) is 23.7 Å². The van der Waals surface area contributed by atoms with Gasteiger partial charge in [0.1, 0.15) is 11.3 Å². The van der Waals surface area contributed by atoms with Crippen molar-refractivity contribution in [2.24, 2.45) is 0 Å². The molecule has 2 rings (SSSR count). The van der Waals surface area contributed by atoms with Gasteiger partial charge in [-0.05, 0) is 18.2 Å². The van der Waals surface area contributed by atoms with Crippen molar-refractivity contribution in [3.8, 4) is 5.75 Å². The molecule has 1 amide bonds. The Hall–Kier alpha value is -2.02. The number of nitrogens with zero attached hydrogens (tertiary/aromatic N) is 1. The van der Waals surface area contributed by atoms with E-state index in [0.717, 1.165) is 11.8 Å². The predicted octanol–water partition coefficient (Wildman–Crippen LogP) is 1.48. The Kier molecular flexibility index (Phi) is 3.99. The topological polar surface area (TPSA) is 94.9 Å². The Balaban J connectivity index is 2.24. The van der Waals surface area contributed by atoms with Gasteiger partial charge in [0.2, 0.25) is 5.91 Å². The molecule has 1 saturated heterocycles. The Morgan fingerprint density at radius 1 is 1.40 bits per heavy atom. The van der Waals surface area contributed by atoms with E-state index in [9.17, 15) is 19.5 Å². The molecule has 1 heterocycles. The van der Waals surface area contributed by atoms with Gasteiger partial charge in [-0.25, -0.2) is 4.79 Å². The Morgan fingerprint density at radius 3 is 2.70 bits per heavy atom. The second kappa shape index (κ2) is 5.54. The van der Waals surface area contributed by atoms with Gasteiger partial charge >= 0.3 is 5.97 Å². The van der Waals surface area contributed by atoms with Crippen LogP contribution in [0.4, 0.5) is 5.69 Å². The third kappa shape index (κ3) is 2.93. The van der Waals surface area contributed by atoms with E-state index < -0.39 is 5.97 Å². The number of carboxylic acid groups (broad SMARTS) is 1. The van der Waals surface area contributed by atoms with Crippen LogP contribution < -0.4 is 4.90 Å². The summed E-state index contributed by atoms with van der Waals surface area (Å²) in [5.74, 6) is -1.76. The fourth-order valence-electron chi connectivity index (χ4n) is 2.10. The highest BCUT2D eigenvalue weighted by Crippen LogP contribution is 2.31. The lowest BCUT2D eigenvalue weighted by atomic mass is 10.1. The molecule has 0 radical (unpaired) electrons. The number of hydrogen-bond donors (Lipinski definition) is 2. The summed E-state index contributed by atoms with van der Waals surface area (Å²) in [7, 11) is 0. The minimum Gasteiger partial charge on any atom is -0.507 e. The second-order valence-corrected chi connectivity index (χ2v) is 5.92. The summed E-state index contributed by atoms with van der Waals surface area (Å²) in [5, 5.41) is 18.2. The van der Waals surface area contributed by atoms with E-state index in [4.69, 9.17) is 5.11 Å². The Morgan fingerprint density at radius 2 is 2.10 bits per heavy atom. The molecule has 0 aromatic heterocycles. The zero-order chi connectivity index (χ0) is 14.9. The van der Waals surface area contributed by atoms with E-state index >= 15 is 0 Å². The molecule has 106 valence electrons. The number of anilines is 1. The van der Waals surface area contributed by atoms with Gasteiger partial charge in [0.15, 0.2) is 5.12 Å². The SMILES string of the molecule is CC(=O)SC1CC(=O)N(c2ccc(O)c(C(=O)O)c2)C1. The molecule has 0 bridgehead atoms. The number of aromatic carboxylic acids is 1. The van der Waals surface area contributed by atoms with Gasteiger partial charge in [0, 0.05) is 30.8 Å². The third-order valence-electron chi connectivity index (χ3n) is 2.94. The monoisotopic (exact) mass is 295 g/mol. The number of rotatable bonds is 3. The molecule has 1 atom stereocenters. The number of benzene rings is 1. The van der Waals surface area contributed by atoms with Crippen molar-refractivity contribution in [2.75, 3.05) is 11.4 Å². The summed E-state index contributed by atoms with van der Waals surface area (Å²) in [6, 6.07) is 3.99. The summed E-state index contributed by atoms with van der Waals surface area (Å²) in [5.41, 5.74) is 0.162. The summed E-state index contributed by atoms with van der Waals surface area (Å²) in [6.45, 7) is 1.80. The third-order valence-corrected chi connectivity index (χ3v) is 3.93. The number of aromatic hydroxyl groups is 1. The molecule has 0 aliphatic carbocycles. The molecule has 1 unspecified atom stereocenters. The fraction of sp³-hybridized carbons (Fsp3) is 0.308. The number of carbonyl (C=O) groups is 3. The highest BCUT2D eigenvalue weighted by atomic mass is 32.2. The molecule has 0 saturated carbocycles. The van der Waals surface area contributed by atoms with Crippen molar-refractivity contribution >= 4 is 34.4 Å². The van der Waals surface area contributed by atoms with Crippen LogP contribution in [0.25, 0.3) is 0 Å². The molecule has 1 aliphatic rings. The number of carboxylic acids is 1. The molecule has 0 spiro atoms. The number of phenols is 1. The van der Waals surface area contributed by atoms with Crippen molar-refractivity contribution in [3.05, 3.63) is 23.8 Å². The van der Waals surface area contributed by atoms with Gasteiger partial charge in [-0.3, -0.25) is 9.59 Å². The van der Waals surface area contributed by atoms with Crippen LogP contribution in [-0.2, 0) is 9.59 Å². The van der Waals surface area contributed by atoms with Gasteiger partial charge in [0.05, 0.1) is 0 Å². The molecule has 1 aliphatic heterocycles. The summed E-state index contributed by atoms with van der Waals surface area (Å²) in [4.78, 5) is 35.4.